The van der Waals surface area contributed by atoms with Crippen molar-refractivity contribution in [2.45, 2.75) is 25.3 Å². The third-order valence-corrected chi connectivity index (χ3v) is 5.65. The molecule has 2 aromatic rings. The first-order chi connectivity index (χ1) is 9.39. The number of nitrogens with one attached hydrogen (secondary N) is 1. The van der Waals surface area contributed by atoms with Crippen LogP contribution in [-0.4, -0.2) is 5.91 Å². The maximum atomic E-state index is 12.0. The van der Waals surface area contributed by atoms with Crippen molar-refractivity contribution < 1.29 is 4.79 Å². The lowest BCUT2D eigenvalue weighted by Gasteiger charge is -2.17. The minimum atomic E-state index is -0.492. The van der Waals surface area contributed by atoms with Crippen LogP contribution in [0.1, 0.15) is 36.6 Å². The van der Waals surface area contributed by atoms with Gasteiger partial charge in [-0.1, -0.05) is 12.1 Å². The topological polar surface area (TPSA) is 55.1 Å². The number of carbonyl (C=O) groups is 1. The van der Waals surface area contributed by atoms with Gasteiger partial charge < -0.3 is 11.1 Å². The summed E-state index contributed by atoms with van der Waals surface area (Å²) in [7, 11) is 0. The van der Waals surface area contributed by atoms with E-state index in [1.54, 1.807) is 11.3 Å². The van der Waals surface area contributed by atoms with Crippen LogP contribution in [0.4, 0.5) is 5.69 Å². The standard InChI is InChI=1S/C15H15IN2OS/c1-15(2)10-5-8(3-4-11(10)18-14(15)19)13(17)9-6-12(16)20-7-9/h3-7,13H,17H2,1-2H3,(H,18,19). The van der Waals surface area contributed by atoms with Gasteiger partial charge >= 0.3 is 0 Å². The summed E-state index contributed by atoms with van der Waals surface area (Å²) in [6, 6.07) is 7.97. The highest BCUT2D eigenvalue weighted by atomic mass is 127. The molecule has 0 spiro atoms. The van der Waals surface area contributed by atoms with E-state index in [0.717, 1.165) is 22.4 Å². The predicted octanol–water partition coefficient (Wildman–Crippen LogP) is 3.63. The highest BCUT2D eigenvalue weighted by Gasteiger charge is 2.38. The van der Waals surface area contributed by atoms with Crippen LogP contribution in [0, 0.1) is 2.88 Å². The van der Waals surface area contributed by atoms with E-state index in [0.29, 0.717) is 0 Å². The molecule has 1 aliphatic heterocycles. The van der Waals surface area contributed by atoms with Gasteiger partial charge in [0.1, 0.15) is 0 Å². The third-order valence-electron chi connectivity index (χ3n) is 3.84. The number of halogens is 1. The summed E-state index contributed by atoms with van der Waals surface area (Å²) in [5.41, 5.74) is 9.94. The molecule has 20 heavy (non-hydrogen) atoms. The van der Waals surface area contributed by atoms with Gasteiger partial charge in [0, 0.05) is 5.69 Å². The summed E-state index contributed by atoms with van der Waals surface area (Å²) < 4.78 is 1.23. The molecule has 3 N–H and O–H groups in total. The average Bonchev–Trinajstić information content (AvgIpc) is 2.92. The maximum absolute atomic E-state index is 12.0. The summed E-state index contributed by atoms with van der Waals surface area (Å²) in [6.45, 7) is 3.88. The van der Waals surface area contributed by atoms with Gasteiger partial charge in [-0.05, 0) is 70.6 Å². The van der Waals surface area contributed by atoms with E-state index in [-0.39, 0.29) is 11.9 Å². The van der Waals surface area contributed by atoms with Crippen LogP contribution in [0.5, 0.6) is 0 Å². The smallest absolute Gasteiger partial charge is 0.234 e. The minimum absolute atomic E-state index is 0.0447. The molecule has 0 bridgehead atoms. The van der Waals surface area contributed by atoms with Crippen LogP contribution in [0.15, 0.2) is 29.6 Å². The second kappa shape index (κ2) is 4.82. The second-order valence-electron chi connectivity index (χ2n) is 5.55. The first-order valence-electron chi connectivity index (χ1n) is 6.35. The number of rotatable bonds is 2. The van der Waals surface area contributed by atoms with Crippen LogP contribution in [0.3, 0.4) is 0 Å². The van der Waals surface area contributed by atoms with Crippen molar-refractivity contribution in [2.24, 2.45) is 5.73 Å². The van der Waals surface area contributed by atoms with Gasteiger partial charge in [0.05, 0.1) is 14.3 Å². The number of carbonyl (C=O) groups excluding carboxylic acids is 1. The fraction of sp³-hybridized carbons (Fsp3) is 0.267. The van der Waals surface area contributed by atoms with Crippen LogP contribution in [-0.2, 0) is 10.2 Å². The molecule has 0 aliphatic carbocycles. The summed E-state index contributed by atoms with van der Waals surface area (Å²) in [6.07, 6.45) is 0. The van der Waals surface area contributed by atoms with Gasteiger partial charge in [-0.3, -0.25) is 4.79 Å². The molecule has 0 saturated carbocycles. The molecule has 1 aromatic heterocycles. The van der Waals surface area contributed by atoms with Crippen LogP contribution < -0.4 is 11.1 Å². The molecular formula is C15H15IN2OS. The Labute approximate surface area is 135 Å². The fourth-order valence-electron chi connectivity index (χ4n) is 2.46. The molecule has 0 saturated heterocycles. The number of thiophene rings is 1. The summed E-state index contributed by atoms with van der Waals surface area (Å²) >= 11 is 3.99. The summed E-state index contributed by atoms with van der Waals surface area (Å²) in [4.78, 5) is 12.0. The van der Waals surface area contributed by atoms with E-state index < -0.39 is 5.41 Å². The van der Waals surface area contributed by atoms with Gasteiger partial charge in [0.2, 0.25) is 5.91 Å². The van der Waals surface area contributed by atoms with Gasteiger partial charge in [-0.15, -0.1) is 11.3 Å². The summed E-state index contributed by atoms with van der Waals surface area (Å²) in [5, 5.41) is 5.01. The number of hydrogen-bond donors (Lipinski definition) is 2. The first kappa shape index (κ1) is 14.0. The molecule has 1 aliphatic rings. The molecule has 1 aromatic carbocycles. The number of hydrogen-bond acceptors (Lipinski definition) is 3. The molecule has 0 fully saturated rings. The second-order valence-corrected chi connectivity index (χ2v) is 8.35. The van der Waals surface area contributed by atoms with Crippen molar-refractivity contribution >= 4 is 45.5 Å². The van der Waals surface area contributed by atoms with Crippen molar-refractivity contribution in [1.29, 1.82) is 0 Å². The molecule has 3 nitrogen and oxygen atoms in total. The zero-order valence-corrected chi connectivity index (χ0v) is 14.2. The minimum Gasteiger partial charge on any atom is -0.325 e. The largest absolute Gasteiger partial charge is 0.325 e. The highest BCUT2D eigenvalue weighted by molar-refractivity contribution is 14.1. The van der Waals surface area contributed by atoms with Crippen molar-refractivity contribution in [3.8, 4) is 0 Å². The van der Waals surface area contributed by atoms with Crippen molar-refractivity contribution in [3.05, 3.63) is 49.2 Å². The molecule has 1 amide bonds. The SMILES string of the molecule is CC1(C)C(=O)Nc2ccc(C(N)c3csc(I)c3)cc21. The van der Waals surface area contributed by atoms with Gasteiger partial charge in [0.15, 0.2) is 0 Å². The van der Waals surface area contributed by atoms with Gasteiger partial charge in [-0.2, -0.15) is 0 Å². The van der Waals surface area contributed by atoms with E-state index >= 15 is 0 Å². The Balaban J connectivity index is 2.02. The van der Waals surface area contributed by atoms with Crippen molar-refractivity contribution in [2.75, 3.05) is 5.32 Å². The van der Waals surface area contributed by atoms with E-state index in [4.69, 9.17) is 5.73 Å². The van der Waals surface area contributed by atoms with Crippen LogP contribution in [0.2, 0.25) is 0 Å². The zero-order valence-electron chi connectivity index (χ0n) is 11.2. The van der Waals surface area contributed by atoms with E-state index in [1.807, 2.05) is 26.0 Å². The van der Waals surface area contributed by atoms with Gasteiger partial charge in [-0.25, -0.2) is 0 Å². The Bertz CT molecular complexity index is 693. The molecule has 2 heterocycles. The van der Waals surface area contributed by atoms with E-state index in [2.05, 4.69) is 45.4 Å². The van der Waals surface area contributed by atoms with Crippen molar-refractivity contribution in [1.82, 2.24) is 0 Å². The quantitative estimate of drug-likeness (QED) is 0.760. The first-order valence-corrected chi connectivity index (χ1v) is 8.31. The molecule has 1 unspecified atom stereocenters. The molecule has 1 atom stereocenters. The lowest BCUT2D eigenvalue weighted by atomic mass is 9.84. The van der Waals surface area contributed by atoms with Crippen LogP contribution in [0.25, 0.3) is 0 Å². The molecular weight excluding hydrogens is 383 g/mol. The number of nitrogens with two attached hydrogens (primary N) is 1. The molecule has 3 rings (SSSR count). The fourth-order valence-corrected chi connectivity index (χ4v) is 3.87. The lowest BCUT2D eigenvalue weighted by Crippen LogP contribution is -2.27. The lowest BCUT2D eigenvalue weighted by molar-refractivity contribution is -0.119. The maximum Gasteiger partial charge on any atom is 0.234 e. The molecule has 5 heteroatoms. The van der Waals surface area contributed by atoms with Crippen LogP contribution >= 0.6 is 33.9 Å². The van der Waals surface area contributed by atoms with E-state index in [1.165, 1.54) is 2.88 Å². The molecule has 104 valence electrons. The number of anilines is 1. The number of amides is 1. The third kappa shape index (κ3) is 2.17. The Morgan fingerprint density at radius 3 is 2.70 bits per heavy atom. The van der Waals surface area contributed by atoms with Crippen molar-refractivity contribution in [3.63, 3.8) is 0 Å². The predicted molar refractivity (Wildman–Crippen MR) is 91.2 cm³/mol. The highest BCUT2D eigenvalue weighted by Crippen LogP contribution is 2.39. The Kier molecular flexibility index (Phi) is 3.38. The van der Waals surface area contributed by atoms with E-state index in [9.17, 15) is 4.79 Å². The number of fused-ring (bicyclic) bond motifs is 1. The molecule has 0 radical (unpaired) electrons. The monoisotopic (exact) mass is 398 g/mol. The summed E-state index contributed by atoms with van der Waals surface area (Å²) in [5.74, 6) is 0.0447. The Morgan fingerprint density at radius 1 is 1.30 bits per heavy atom. The average molecular weight is 398 g/mol. The normalized spacial score (nSPS) is 17.7. The Hall–Kier alpha value is -0.920. The zero-order chi connectivity index (χ0) is 14.5. The number of benzene rings is 1. The Morgan fingerprint density at radius 2 is 2.05 bits per heavy atom. The van der Waals surface area contributed by atoms with Gasteiger partial charge in [0.25, 0.3) is 0 Å².